The summed E-state index contributed by atoms with van der Waals surface area (Å²) in [5.74, 6) is -0.468. The van der Waals surface area contributed by atoms with Crippen molar-refractivity contribution < 1.29 is 18.0 Å². The highest BCUT2D eigenvalue weighted by Gasteiger charge is 2.30. The molecule has 0 unspecified atom stereocenters. The van der Waals surface area contributed by atoms with E-state index in [1.165, 1.54) is 12.2 Å². The molecule has 0 atom stereocenters. The summed E-state index contributed by atoms with van der Waals surface area (Å²) in [5, 5.41) is 2.40. The SMILES string of the molecule is C/C=C/C=C/C(=O)Nc1ccc(C(F)(F)F)cc1N. The van der Waals surface area contributed by atoms with Crippen LogP contribution in [0.3, 0.4) is 0 Å². The monoisotopic (exact) mass is 270 g/mol. The number of rotatable bonds is 3. The number of anilines is 2. The average molecular weight is 270 g/mol. The molecule has 102 valence electrons. The number of nitrogen functional groups attached to an aromatic ring is 1. The summed E-state index contributed by atoms with van der Waals surface area (Å²) in [7, 11) is 0. The first kappa shape index (κ1) is 14.8. The lowest BCUT2D eigenvalue weighted by atomic mass is 10.1. The van der Waals surface area contributed by atoms with Crippen LogP contribution in [-0.2, 0) is 11.0 Å². The van der Waals surface area contributed by atoms with Gasteiger partial charge in [-0.25, -0.2) is 0 Å². The molecule has 1 rings (SSSR count). The van der Waals surface area contributed by atoms with E-state index in [-0.39, 0.29) is 11.4 Å². The van der Waals surface area contributed by atoms with Gasteiger partial charge in [-0.2, -0.15) is 13.2 Å². The van der Waals surface area contributed by atoms with Gasteiger partial charge < -0.3 is 11.1 Å². The van der Waals surface area contributed by atoms with Gasteiger partial charge in [0.15, 0.2) is 0 Å². The van der Waals surface area contributed by atoms with Crippen molar-refractivity contribution in [1.29, 1.82) is 0 Å². The van der Waals surface area contributed by atoms with E-state index in [0.29, 0.717) is 0 Å². The fourth-order valence-electron chi connectivity index (χ4n) is 1.28. The highest BCUT2D eigenvalue weighted by atomic mass is 19.4. The highest BCUT2D eigenvalue weighted by molar-refractivity contribution is 6.01. The fraction of sp³-hybridized carbons (Fsp3) is 0.154. The molecule has 0 spiro atoms. The van der Waals surface area contributed by atoms with Crippen LogP contribution in [0.2, 0.25) is 0 Å². The summed E-state index contributed by atoms with van der Waals surface area (Å²) in [5.41, 5.74) is 4.62. The Balaban J connectivity index is 2.84. The minimum absolute atomic E-state index is 0.136. The maximum atomic E-state index is 12.4. The Kier molecular flexibility index (Phi) is 4.74. The van der Waals surface area contributed by atoms with E-state index in [2.05, 4.69) is 5.32 Å². The molecule has 0 fully saturated rings. The molecule has 1 amide bonds. The lowest BCUT2D eigenvalue weighted by molar-refractivity contribution is -0.137. The summed E-state index contributed by atoms with van der Waals surface area (Å²) in [6, 6.07) is 2.77. The molecule has 0 bridgehead atoms. The third-order valence-corrected chi connectivity index (χ3v) is 2.19. The number of nitrogens with one attached hydrogen (secondary N) is 1. The number of alkyl halides is 3. The van der Waals surface area contributed by atoms with E-state index in [0.717, 1.165) is 18.2 Å². The molecule has 19 heavy (non-hydrogen) atoms. The molecule has 0 aliphatic rings. The number of carbonyl (C=O) groups is 1. The Hall–Kier alpha value is -2.24. The summed E-state index contributed by atoms with van der Waals surface area (Å²) < 4.78 is 37.2. The molecule has 0 saturated carbocycles. The number of carbonyl (C=O) groups excluding carboxylic acids is 1. The van der Waals surface area contributed by atoms with Gasteiger partial charge in [-0.05, 0) is 25.1 Å². The minimum atomic E-state index is -4.46. The molecule has 3 N–H and O–H groups in total. The zero-order valence-corrected chi connectivity index (χ0v) is 10.2. The van der Waals surface area contributed by atoms with Crippen LogP contribution >= 0.6 is 0 Å². The number of amides is 1. The quantitative estimate of drug-likeness (QED) is 0.502. The van der Waals surface area contributed by atoms with Crippen molar-refractivity contribution in [3.63, 3.8) is 0 Å². The van der Waals surface area contributed by atoms with Gasteiger partial charge in [-0.15, -0.1) is 0 Å². The van der Waals surface area contributed by atoms with Gasteiger partial charge in [0.1, 0.15) is 0 Å². The van der Waals surface area contributed by atoms with Gasteiger partial charge in [0, 0.05) is 6.08 Å². The van der Waals surface area contributed by atoms with E-state index in [9.17, 15) is 18.0 Å². The van der Waals surface area contributed by atoms with Gasteiger partial charge >= 0.3 is 6.18 Å². The van der Waals surface area contributed by atoms with Crippen molar-refractivity contribution in [3.8, 4) is 0 Å². The predicted molar refractivity (Wildman–Crippen MR) is 68.4 cm³/mol. The second kappa shape index (κ2) is 6.08. The van der Waals surface area contributed by atoms with Gasteiger partial charge in [-0.1, -0.05) is 18.2 Å². The van der Waals surface area contributed by atoms with E-state index >= 15 is 0 Å². The van der Waals surface area contributed by atoms with Crippen molar-refractivity contribution in [1.82, 2.24) is 0 Å². The molecule has 0 aromatic heterocycles. The van der Waals surface area contributed by atoms with Gasteiger partial charge in [0.25, 0.3) is 0 Å². The molecule has 0 radical (unpaired) electrons. The summed E-state index contributed by atoms with van der Waals surface area (Å²) >= 11 is 0. The van der Waals surface area contributed by atoms with Crippen LogP contribution in [0, 0.1) is 0 Å². The predicted octanol–water partition coefficient (Wildman–Crippen LogP) is 3.36. The van der Waals surface area contributed by atoms with Crippen molar-refractivity contribution >= 4 is 17.3 Å². The molecule has 6 heteroatoms. The molecular formula is C13H13F3N2O. The van der Waals surface area contributed by atoms with Gasteiger partial charge in [0.05, 0.1) is 16.9 Å². The van der Waals surface area contributed by atoms with Crippen LogP contribution in [0.15, 0.2) is 42.5 Å². The molecular weight excluding hydrogens is 257 g/mol. The normalized spacial score (nSPS) is 12.2. The van der Waals surface area contributed by atoms with Gasteiger partial charge in [0.2, 0.25) is 5.91 Å². The third-order valence-electron chi connectivity index (χ3n) is 2.19. The molecule has 0 heterocycles. The molecule has 3 nitrogen and oxygen atoms in total. The lowest BCUT2D eigenvalue weighted by Gasteiger charge is -2.10. The summed E-state index contributed by atoms with van der Waals surface area (Å²) in [6.45, 7) is 1.79. The Labute approximate surface area is 108 Å². The standard InChI is InChI=1S/C13H13F3N2O/c1-2-3-4-5-12(19)18-11-7-6-9(8-10(11)17)13(14,15)16/h2-8H,17H2,1H3,(H,18,19)/b3-2+,5-4+. The lowest BCUT2D eigenvalue weighted by Crippen LogP contribution is -2.11. The zero-order chi connectivity index (χ0) is 14.5. The summed E-state index contributed by atoms with van der Waals surface area (Å²) in [4.78, 5) is 11.4. The van der Waals surface area contributed by atoms with Crippen molar-refractivity contribution in [2.45, 2.75) is 13.1 Å². The number of halogens is 3. The number of hydrogen-bond donors (Lipinski definition) is 2. The number of nitrogens with two attached hydrogens (primary N) is 1. The molecule has 1 aromatic rings. The molecule has 0 saturated heterocycles. The second-order valence-electron chi connectivity index (χ2n) is 3.67. The Morgan fingerprint density at radius 3 is 2.53 bits per heavy atom. The largest absolute Gasteiger partial charge is 0.416 e. The van der Waals surface area contributed by atoms with Gasteiger partial charge in [-0.3, -0.25) is 4.79 Å². The second-order valence-corrected chi connectivity index (χ2v) is 3.67. The summed E-state index contributed by atoms with van der Waals surface area (Å²) in [6.07, 6.45) is 1.68. The molecule has 0 aliphatic carbocycles. The number of allylic oxidation sites excluding steroid dienone is 3. The van der Waals surface area contributed by atoms with Crippen molar-refractivity contribution in [2.75, 3.05) is 11.1 Å². The zero-order valence-electron chi connectivity index (χ0n) is 10.2. The van der Waals surface area contributed by atoms with Crippen molar-refractivity contribution in [2.24, 2.45) is 0 Å². The van der Waals surface area contributed by atoms with E-state index < -0.39 is 17.6 Å². The van der Waals surface area contributed by atoms with Crippen LogP contribution in [0.4, 0.5) is 24.5 Å². The maximum absolute atomic E-state index is 12.4. The first-order valence-corrected chi connectivity index (χ1v) is 5.41. The van der Waals surface area contributed by atoms with E-state index in [4.69, 9.17) is 5.73 Å². The number of benzene rings is 1. The van der Waals surface area contributed by atoms with Crippen LogP contribution in [0.25, 0.3) is 0 Å². The highest BCUT2D eigenvalue weighted by Crippen LogP contribution is 2.32. The average Bonchev–Trinajstić information content (AvgIpc) is 2.31. The van der Waals surface area contributed by atoms with Crippen molar-refractivity contribution in [3.05, 3.63) is 48.1 Å². The maximum Gasteiger partial charge on any atom is 0.416 e. The van der Waals surface area contributed by atoms with Crippen LogP contribution in [0.1, 0.15) is 12.5 Å². The Morgan fingerprint density at radius 2 is 2.00 bits per heavy atom. The Morgan fingerprint density at radius 1 is 1.32 bits per heavy atom. The van der Waals surface area contributed by atoms with Crippen LogP contribution in [0.5, 0.6) is 0 Å². The van der Waals surface area contributed by atoms with Crippen LogP contribution < -0.4 is 11.1 Å². The smallest absolute Gasteiger partial charge is 0.397 e. The Bertz CT molecular complexity index is 519. The van der Waals surface area contributed by atoms with Crippen LogP contribution in [-0.4, -0.2) is 5.91 Å². The molecule has 1 aromatic carbocycles. The molecule has 0 aliphatic heterocycles. The number of hydrogen-bond acceptors (Lipinski definition) is 2. The third kappa shape index (κ3) is 4.50. The topological polar surface area (TPSA) is 55.1 Å². The first-order valence-electron chi connectivity index (χ1n) is 5.41. The minimum Gasteiger partial charge on any atom is -0.397 e. The van der Waals surface area contributed by atoms with E-state index in [1.807, 2.05) is 0 Å². The van der Waals surface area contributed by atoms with E-state index in [1.54, 1.807) is 19.1 Å². The fourth-order valence-corrected chi connectivity index (χ4v) is 1.28. The first-order chi connectivity index (χ1) is 8.84.